The molecule has 2 heteroatoms. The molecule has 23 heavy (non-hydrogen) atoms. The summed E-state index contributed by atoms with van der Waals surface area (Å²) in [6.45, 7) is 10.9. The van der Waals surface area contributed by atoms with E-state index >= 15 is 0 Å². The van der Waals surface area contributed by atoms with Crippen LogP contribution in [-0.4, -0.2) is 23.5 Å². The molecule has 0 bridgehead atoms. The van der Waals surface area contributed by atoms with E-state index in [2.05, 4.69) is 87.2 Å². The first-order chi connectivity index (χ1) is 10.8. The Morgan fingerprint density at radius 2 is 1.52 bits per heavy atom. The molecule has 2 aromatic rings. The highest BCUT2D eigenvalue weighted by Crippen LogP contribution is 2.39. The van der Waals surface area contributed by atoms with Gasteiger partial charge in [-0.2, -0.15) is 0 Å². The first-order valence-corrected chi connectivity index (χ1v) is 8.45. The molecule has 1 aliphatic heterocycles. The van der Waals surface area contributed by atoms with Crippen molar-refractivity contribution in [2.24, 2.45) is 5.73 Å². The third-order valence-corrected chi connectivity index (χ3v) is 4.67. The van der Waals surface area contributed by atoms with Gasteiger partial charge in [0, 0.05) is 18.6 Å². The summed E-state index contributed by atoms with van der Waals surface area (Å²) in [5.74, 6) is 0. The van der Waals surface area contributed by atoms with Gasteiger partial charge in [-0.15, -0.1) is 0 Å². The lowest BCUT2D eigenvalue weighted by Crippen LogP contribution is -2.66. The average molecular weight is 308 g/mol. The predicted octanol–water partition coefficient (Wildman–Crippen LogP) is 4.11. The first-order valence-electron chi connectivity index (χ1n) is 8.45. The molecule has 122 valence electrons. The lowest BCUT2D eigenvalue weighted by molar-refractivity contribution is 0.0538. The summed E-state index contributed by atoms with van der Waals surface area (Å²) < 4.78 is 0. The molecular formula is C21H28N2. The van der Waals surface area contributed by atoms with Crippen molar-refractivity contribution in [1.29, 1.82) is 0 Å². The van der Waals surface area contributed by atoms with E-state index in [-0.39, 0.29) is 17.0 Å². The number of likely N-dealkylation sites (tertiary alicyclic amines) is 1. The van der Waals surface area contributed by atoms with Gasteiger partial charge in [-0.3, -0.25) is 4.90 Å². The Balaban J connectivity index is 2.07. The van der Waals surface area contributed by atoms with Crippen LogP contribution in [0.3, 0.4) is 0 Å². The molecule has 1 unspecified atom stereocenters. The van der Waals surface area contributed by atoms with Crippen LogP contribution < -0.4 is 5.73 Å². The second-order valence-corrected chi connectivity index (χ2v) is 8.21. The van der Waals surface area contributed by atoms with Crippen LogP contribution >= 0.6 is 0 Å². The van der Waals surface area contributed by atoms with E-state index in [0.29, 0.717) is 0 Å². The summed E-state index contributed by atoms with van der Waals surface area (Å²) in [5, 5.41) is 0. The highest BCUT2D eigenvalue weighted by atomic mass is 15.3. The summed E-state index contributed by atoms with van der Waals surface area (Å²) in [5.41, 5.74) is 10.5. The lowest BCUT2D eigenvalue weighted by atomic mass is 9.78. The molecule has 0 amide bonds. The number of hydrogen-bond donors (Lipinski definition) is 1. The molecule has 0 aliphatic carbocycles. The van der Waals surface area contributed by atoms with Crippen LogP contribution in [0.15, 0.2) is 54.6 Å². The van der Waals surface area contributed by atoms with Gasteiger partial charge in [0.15, 0.2) is 0 Å². The van der Waals surface area contributed by atoms with Crippen LogP contribution in [0.5, 0.6) is 0 Å². The largest absolute Gasteiger partial charge is 0.323 e. The number of benzene rings is 2. The van der Waals surface area contributed by atoms with Crippen LogP contribution in [0.2, 0.25) is 0 Å². The van der Waals surface area contributed by atoms with Gasteiger partial charge in [0.1, 0.15) is 0 Å². The van der Waals surface area contributed by atoms with Gasteiger partial charge in [0.25, 0.3) is 0 Å². The third kappa shape index (κ3) is 3.34. The molecule has 0 aromatic heterocycles. The minimum Gasteiger partial charge on any atom is -0.323 e. The topological polar surface area (TPSA) is 29.3 Å². The number of nitrogens with two attached hydrogens (primary N) is 1. The van der Waals surface area contributed by atoms with E-state index in [1.807, 2.05) is 0 Å². The maximum absolute atomic E-state index is 6.29. The Bertz CT molecular complexity index is 660. The number of nitrogens with zero attached hydrogens (tertiary/aromatic N) is 1. The summed E-state index contributed by atoms with van der Waals surface area (Å²) >= 11 is 0. The fraction of sp³-hybridized carbons (Fsp3) is 0.429. The quantitative estimate of drug-likeness (QED) is 0.924. The normalized spacial score (nSPS) is 19.2. The molecule has 3 rings (SSSR count). The van der Waals surface area contributed by atoms with Gasteiger partial charge in [0.05, 0.1) is 6.04 Å². The highest BCUT2D eigenvalue weighted by Gasteiger charge is 2.40. The fourth-order valence-corrected chi connectivity index (χ4v) is 3.71. The van der Waals surface area contributed by atoms with Crippen molar-refractivity contribution < 1.29 is 0 Å². The van der Waals surface area contributed by atoms with Crippen molar-refractivity contribution in [1.82, 2.24) is 4.90 Å². The van der Waals surface area contributed by atoms with E-state index in [1.54, 1.807) is 0 Å². The summed E-state index contributed by atoms with van der Waals surface area (Å²) in [6.07, 6.45) is 0. The van der Waals surface area contributed by atoms with Crippen molar-refractivity contribution in [3.05, 3.63) is 71.3 Å². The molecule has 0 radical (unpaired) electrons. The molecule has 1 atom stereocenters. The molecule has 1 heterocycles. The zero-order valence-corrected chi connectivity index (χ0v) is 14.7. The van der Waals surface area contributed by atoms with E-state index in [4.69, 9.17) is 5.73 Å². The van der Waals surface area contributed by atoms with Crippen LogP contribution in [0.25, 0.3) is 0 Å². The molecule has 2 N–H and O–H groups in total. The molecule has 1 saturated heterocycles. The van der Waals surface area contributed by atoms with Crippen molar-refractivity contribution >= 4 is 0 Å². The second kappa shape index (κ2) is 5.77. The molecule has 1 fully saturated rings. The molecule has 0 saturated carbocycles. The monoisotopic (exact) mass is 308 g/mol. The zero-order valence-electron chi connectivity index (χ0n) is 14.7. The van der Waals surface area contributed by atoms with Gasteiger partial charge in [-0.1, -0.05) is 75.4 Å². The summed E-state index contributed by atoms with van der Waals surface area (Å²) in [4.78, 5) is 2.50. The van der Waals surface area contributed by atoms with Crippen molar-refractivity contribution in [3.8, 4) is 0 Å². The Labute approximate surface area is 140 Å². The van der Waals surface area contributed by atoms with Crippen molar-refractivity contribution in [3.63, 3.8) is 0 Å². The second-order valence-electron chi connectivity index (χ2n) is 8.21. The van der Waals surface area contributed by atoms with Crippen molar-refractivity contribution in [2.45, 2.75) is 44.7 Å². The third-order valence-electron chi connectivity index (χ3n) is 4.67. The Morgan fingerprint density at radius 1 is 0.957 bits per heavy atom. The fourth-order valence-electron chi connectivity index (χ4n) is 3.71. The predicted molar refractivity (Wildman–Crippen MR) is 97.6 cm³/mol. The Morgan fingerprint density at radius 3 is 2.09 bits per heavy atom. The molecule has 2 nitrogen and oxygen atoms in total. The molecule has 2 aromatic carbocycles. The van der Waals surface area contributed by atoms with Crippen LogP contribution in [-0.2, 0) is 5.41 Å². The Hall–Kier alpha value is -1.64. The first kappa shape index (κ1) is 16.2. The molecule has 0 spiro atoms. The maximum Gasteiger partial charge on any atom is 0.0605 e. The van der Waals surface area contributed by atoms with Gasteiger partial charge in [-0.05, 0) is 29.0 Å². The Kier molecular flexibility index (Phi) is 4.07. The standard InChI is InChI=1S/C21H28N2/c1-20(2,3)18-13-9-8-12-17(18)19(16-10-6-5-7-11-16)23-14-21(4,22)15-23/h5-13,19H,14-15,22H2,1-4H3. The van der Waals surface area contributed by atoms with Crippen LogP contribution in [0, 0.1) is 0 Å². The lowest BCUT2D eigenvalue weighted by Gasteiger charge is -2.50. The van der Waals surface area contributed by atoms with Gasteiger partial charge >= 0.3 is 0 Å². The zero-order chi connectivity index (χ0) is 16.7. The van der Waals surface area contributed by atoms with E-state index < -0.39 is 0 Å². The minimum absolute atomic E-state index is 0.0658. The highest BCUT2D eigenvalue weighted by molar-refractivity contribution is 5.41. The van der Waals surface area contributed by atoms with Gasteiger partial charge in [0.2, 0.25) is 0 Å². The smallest absolute Gasteiger partial charge is 0.0605 e. The van der Waals surface area contributed by atoms with E-state index in [1.165, 1.54) is 16.7 Å². The van der Waals surface area contributed by atoms with E-state index in [0.717, 1.165) is 13.1 Å². The summed E-state index contributed by atoms with van der Waals surface area (Å²) in [6, 6.07) is 19.9. The van der Waals surface area contributed by atoms with Crippen LogP contribution in [0.4, 0.5) is 0 Å². The van der Waals surface area contributed by atoms with Crippen LogP contribution in [0.1, 0.15) is 50.4 Å². The van der Waals surface area contributed by atoms with Gasteiger partial charge in [-0.25, -0.2) is 0 Å². The maximum atomic E-state index is 6.29. The minimum atomic E-state index is -0.0658. The number of hydrogen-bond acceptors (Lipinski definition) is 2. The van der Waals surface area contributed by atoms with E-state index in [9.17, 15) is 0 Å². The molecular weight excluding hydrogens is 280 g/mol. The SMILES string of the molecule is CC1(N)CN(C(c2ccccc2)c2ccccc2C(C)(C)C)C1. The number of rotatable bonds is 3. The van der Waals surface area contributed by atoms with Crippen molar-refractivity contribution in [2.75, 3.05) is 13.1 Å². The average Bonchev–Trinajstić information content (AvgIpc) is 2.46. The van der Waals surface area contributed by atoms with Gasteiger partial charge < -0.3 is 5.73 Å². The summed E-state index contributed by atoms with van der Waals surface area (Å²) in [7, 11) is 0. The molecule has 1 aliphatic rings.